The lowest BCUT2D eigenvalue weighted by Crippen LogP contribution is -2.36. The third kappa shape index (κ3) is 15.0. The van der Waals surface area contributed by atoms with E-state index in [1.165, 1.54) is 72.8 Å². The van der Waals surface area contributed by atoms with Crippen molar-refractivity contribution >= 4 is 68.5 Å². The zero-order chi connectivity index (χ0) is 61.1. The Morgan fingerprint density at radius 3 is 0.931 bits per heavy atom. The summed E-state index contributed by atoms with van der Waals surface area (Å²) in [7, 11) is 0. The first kappa shape index (κ1) is 60.3. The molecule has 21 nitrogen and oxygen atoms in total. The molecule has 6 heterocycles. The zero-order valence-corrected chi connectivity index (χ0v) is 47.5. The number of halogens is 3. The molecule has 0 aliphatic carbocycles. The standard InChI is InChI=1S/3C21H20FN3O4/c3*1-13(29-16-4-2-3-15(22)11-16)17-9-14(21(26)27)10-18-20(17)24-19(12-23-18)25-5-7-28-8-6-25/h3*2-4,9-13H,5-8H2,1H3,(H,26,27). The highest BCUT2D eigenvalue weighted by molar-refractivity contribution is 5.96. The molecule has 0 saturated carbocycles. The van der Waals surface area contributed by atoms with Crippen LogP contribution in [0.1, 0.15) is 86.8 Å². The number of anilines is 3. The van der Waals surface area contributed by atoms with Gasteiger partial charge in [-0.2, -0.15) is 0 Å². The Kier molecular flexibility index (Phi) is 19.1. The van der Waals surface area contributed by atoms with E-state index in [9.17, 15) is 42.9 Å². The smallest absolute Gasteiger partial charge is 0.335 e. The summed E-state index contributed by atoms with van der Waals surface area (Å²) in [6, 6.07) is 26.5. The van der Waals surface area contributed by atoms with Crippen LogP contribution in [0, 0.1) is 17.5 Å². The number of rotatable bonds is 15. The molecule has 0 amide bonds. The summed E-state index contributed by atoms with van der Waals surface area (Å²) in [5.41, 5.74) is 5.07. The molecule has 3 aromatic heterocycles. The average Bonchev–Trinajstić information content (AvgIpc) is 2.96. The molecule has 3 N–H and O–H groups in total. The van der Waals surface area contributed by atoms with Crippen molar-refractivity contribution in [3.63, 3.8) is 0 Å². The van der Waals surface area contributed by atoms with E-state index < -0.39 is 53.7 Å². The van der Waals surface area contributed by atoms with Crippen molar-refractivity contribution < 1.29 is 71.3 Å². The van der Waals surface area contributed by atoms with E-state index in [0.717, 1.165) is 0 Å². The topological polar surface area (TPSA) is 254 Å². The molecule has 0 radical (unpaired) electrons. The minimum atomic E-state index is -1.06. The van der Waals surface area contributed by atoms with Gasteiger partial charge in [-0.25, -0.2) is 42.5 Å². The van der Waals surface area contributed by atoms with Gasteiger partial charge in [-0.1, -0.05) is 18.2 Å². The maximum absolute atomic E-state index is 13.5. The SMILES string of the molecule is CC(Oc1cccc(F)c1)c1cc(C(=O)O)cc2ncc(N3CCOCC3)nc12.CC(Oc1cccc(F)c1)c1cc(C(=O)O)cc2ncc(N3CCOCC3)nc12.CC(Oc1cccc(F)c1)c1cc(C(=O)O)cc2ncc(N3CCOCC3)nc12. The van der Waals surface area contributed by atoms with Crippen LogP contribution in [0.3, 0.4) is 0 Å². The van der Waals surface area contributed by atoms with Gasteiger partial charge in [0.15, 0.2) is 0 Å². The molecule has 3 fully saturated rings. The maximum atomic E-state index is 13.5. The Balaban J connectivity index is 0.000000144. The molecule has 24 heteroatoms. The van der Waals surface area contributed by atoms with Crippen LogP contribution in [0.2, 0.25) is 0 Å². The Morgan fingerprint density at radius 2 is 0.690 bits per heavy atom. The number of nitrogens with zero attached hydrogens (tertiary/aromatic N) is 9. The lowest BCUT2D eigenvalue weighted by atomic mass is 10.0. The number of fused-ring (bicyclic) bond motifs is 3. The third-order valence-electron chi connectivity index (χ3n) is 14.4. The van der Waals surface area contributed by atoms with Crippen LogP contribution in [0.4, 0.5) is 30.6 Å². The summed E-state index contributed by atoms with van der Waals surface area (Å²) < 4.78 is 74.3. The molecule has 9 aromatic rings. The molecule has 12 rings (SSSR count). The Bertz CT molecular complexity index is 3560. The molecule has 0 bridgehead atoms. The number of aromatic carboxylic acids is 3. The number of ether oxygens (including phenoxy) is 6. The van der Waals surface area contributed by atoms with Gasteiger partial charge in [-0.05, 0) is 93.6 Å². The van der Waals surface area contributed by atoms with Gasteiger partial charge in [0, 0.05) is 74.2 Å². The molecule has 3 aliphatic heterocycles. The van der Waals surface area contributed by atoms with Crippen molar-refractivity contribution in [2.45, 2.75) is 39.1 Å². The van der Waals surface area contributed by atoms with E-state index in [0.29, 0.717) is 163 Å². The van der Waals surface area contributed by atoms with Gasteiger partial charge in [0.05, 0.1) is 108 Å². The second-order valence-corrected chi connectivity index (χ2v) is 20.4. The Morgan fingerprint density at radius 1 is 0.425 bits per heavy atom. The normalized spacial score (nSPS) is 15.3. The predicted octanol–water partition coefficient (Wildman–Crippen LogP) is 10.3. The van der Waals surface area contributed by atoms with E-state index in [4.69, 9.17) is 43.4 Å². The van der Waals surface area contributed by atoms with E-state index in [2.05, 4.69) is 29.7 Å². The van der Waals surface area contributed by atoms with Gasteiger partial charge in [0.1, 0.15) is 70.5 Å². The number of hydrogen-bond donors (Lipinski definition) is 3. The van der Waals surface area contributed by atoms with Crippen LogP contribution in [-0.4, -0.2) is 142 Å². The summed E-state index contributed by atoms with van der Waals surface area (Å²) in [5, 5.41) is 28.4. The van der Waals surface area contributed by atoms with E-state index in [-0.39, 0.29) is 16.7 Å². The summed E-state index contributed by atoms with van der Waals surface area (Å²) in [6.45, 7) is 13.2. The first-order chi connectivity index (χ1) is 42.0. The number of carboxylic acids is 3. The molecule has 3 atom stereocenters. The Hall–Kier alpha value is -9.78. The maximum Gasteiger partial charge on any atom is 0.335 e. The van der Waals surface area contributed by atoms with Crippen LogP contribution < -0.4 is 28.9 Å². The molecular formula is C63H60F3N9O12. The fourth-order valence-corrected chi connectivity index (χ4v) is 9.95. The molecule has 3 saturated heterocycles. The van der Waals surface area contributed by atoms with Gasteiger partial charge in [-0.15, -0.1) is 0 Å². The minimum absolute atomic E-state index is 0.0932. The third-order valence-corrected chi connectivity index (χ3v) is 14.4. The second-order valence-electron chi connectivity index (χ2n) is 20.4. The highest BCUT2D eigenvalue weighted by Gasteiger charge is 2.24. The van der Waals surface area contributed by atoms with Gasteiger partial charge < -0.3 is 58.4 Å². The van der Waals surface area contributed by atoms with Gasteiger partial charge in [0.25, 0.3) is 0 Å². The zero-order valence-electron chi connectivity index (χ0n) is 47.5. The van der Waals surface area contributed by atoms with Crippen molar-refractivity contribution in [3.8, 4) is 17.2 Å². The number of aromatic nitrogens is 6. The van der Waals surface area contributed by atoms with Crippen LogP contribution in [0.5, 0.6) is 17.2 Å². The molecule has 6 aromatic carbocycles. The number of hydrogen-bond acceptors (Lipinski definition) is 18. The Labute approximate surface area is 496 Å². The summed E-state index contributed by atoms with van der Waals surface area (Å²) >= 11 is 0. The number of carboxylic acid groups (broad SMARTS) is 3. The van der Waals surface area contributed by atoms with Crippen molar-refractivity contribution in [1.82, 2.24) is 29.9 Å². The van der Waals surface area contributed by atoms with Gasteiger partial charge in [0.2, 0.25) is 0 Å². The lowest BCUT2D eigenvalue weighted by molar-refractivity contribution is 0.0686. The first-order valence-corrected chi connectivity index (χ1v) is 27.9. The number of benzene rings is 6. The van der Waals surface area contributed by atoms with Crippen LogP contribution in [0.15, 0.2) is 128 Å². The molecular weight excluding hydrogens is 1130 g/mol. The molecule has 3 aliphatic rings. The van der Waals surface area contributed by atoms with Crippen molar-refractivity contribution in [2.75, 3.05) is 93.6 Å². The number of morpholine rings is 3. The first-order valence-electron chi connectivity index (χ1n) is 27.9. The predicted molar refractivity (Wildman–Crippen MR) is 315 cm³/mol. The fourth-order valence-electron chi connectivity index (χ4n) is 9.95. The van der Waals surface area contributed by atoms with Crippen molar-refractivity contribution in [3.05, 3.63) is 179 Å². The highest BCUT2D eigenvalue weighted by Crippen LogP contribution is 2.34. The number of carbonyl (C=O) groups is 3. The monoisotopic (exact) mass is 1190 g/mol. The van der Waals surface area contributed by atoms with Crippen molar-refractivity contribution in [1.29, 1.82) is 0 Å². The molecule has 87 heavy (non-hydrogen) atoms. The highest BCUT2D eigenvalue weighted by atomic mass is 19.1. The average molecular weight is 1190 g/mol. The van der Waals surface area contributed by atoms with E-state index in [1.54, 1.807) is 75.8 Å². The van der Waals surface area contributed by atoms with Crippen LogP contribution >= 0.6 is 0 Å². The van der Waals surface area contributed by atoms with Crippen LogP contribution in [0.25, 0.3) is 33.1 Å². The van der Waals surface area contributed by atoms with E-state index >= 15 is 0 Å². The molecule has 3 unspecified atom stereocenters. The summed E-state index contributed by atoms with van der Waals surface area (Å²) in [6.07, 6.45) is 3.23. The quantitative estimate of drug-likeness (QED) is 0.0862. The molecule has 450 valence electrons. The largest absolute Gasteiger partial charge is 0.486 e. The van der Waals surface area contributed by atoms with E-state index in [1.807, 2.05) is 0 Å². The fraction of sp³-hybridized carbons (Fsp3) is 0.286. The minimum Gasteiger partial charge on any atom is -0.486 e. The van der Waals surface area contributed by atoms with Gasteiger partial charge in [-0.3, -0.25) is 15.0 Å². The second kappa shape index (κ2) is 27.5. The van der Waals surface area contributed by atoms with Crippen LogP contribution in [-0.2, 0) is 14.2 Å². The lowest BCUT2D eigenvalue weighted by Gasteiger charge is -2.28. The summed E-state index contributed by atoms with van der Waals surface area (Å²) in [4.78, 5) is 68.5. The van der Waals surface area contributed by atoms with Gasteiger partial charge >= 0.3 is 17.9 Å². The summed E-state index contributed by atoms with van der Waals surface area (Å²) in [5.74, 6) is -1.28. The van der Waals surface area contributed by atoms with Crippen molar-refractivity contribution in [2.24, 2.45) is 0 Å². The molecule has 0 spiro atoms.